The molecular formula is C15H14N2S. The van der Waals surface area contributed by atoms with Crippen molar-refractivity contribution in [3.8, 4) is 0 Å². The van der Waals surface area contributed by atoms with Gasteiger partial charge in [0.15, 0.2) is 0 Å². The summed E-state index contributed by atoms with van der Waals surface area (Å²) in [7, 11) is 0. The van der Waals surface area contributed by atoms with Gasteiger partial charge in [-0.25, -0.2) is 0 Å². The van der Waals surface area contributed by atoms with Crippen molar-refractivity contribution in [1.29, 1.82) is 0 Å². The average Bonchev–Trinajstić information content (AvgIpc) is 2.84. The zero-order chi connectivity index (χ0) is 12.5. The zero-order valence-corrected chi connectivity index (χ0v) is 11.0. The highest BCUT2D eigenvalue weighted by atomic mass is 32.1. The lowest BCUT2D eigenvalue weighted by atomic mass is 9.90. The van der Waals surface area contributed by atoms with E-state index < -0.39 is 0 Å². The van der Waals surface area contributed by atoms with Gasteiger partial charge in [0.1, 0.15) is 0 Å². The molecule has 0 fully saturated rings. The first kappa shape index (κ1) is 11.4. The quantitative estimate of drug-likeness (QED) is 0.830. The molecule has 0 unspecified atom stereocenters. The Hall–Kier alpha value is -1.74. The third-order valence-electron chi connectivity index (χ3n) is 3.49. The van der Waals surface area contributed by atoms with Gasteiger partial charge in [-0.2, -0.15) is 0 Å². The highest BCUT2D eigenvalue weighted by molar-refractivity contribution is 7.80. The van der Waals surface area contributed by atoms with Crippen LogP contribution >= 0.6 is 12.2 Å². The summed E-state index contributed by atoms with van der Waals surface area (Å²) >= 11 is 5.19. The fourth-order valence-corrected chi connectivity index (χ4v) is 2.67. The first-order valence-electron chi connectivity index (χ1n) is 6.07. The first-order valence-corrected chi connectivity index (χ1v) is 6.48. The van der Waals surface area contributed by atoms with Crippen LogP contribution in [0.2, 0.25) is 0 Å². The van der Waals surface area contributed by atoms with Crippen LogP contribution in [0.5, 0.6) is 0 Å². The van der Waals surface area contributed by atoms with Crippen LogP contribution < -0.4 is 5.32 Å². The summed E-state index contributed by atoms with van der Waals surface area (Å²) in [5.41, 5.74) is 3.71. The van der Waals surface area contributed by atoms with E-state index in [1.165, 1.54) is 16.5 Å². The fourth-order valence-electron chi connectivity index (χ4n) is 2.44. The van der Waals surface area contributed by atoms with Crippen molar-refractivity contribution in [2.24, 2.45) is 0 Å². The Labute approximate surface area is 112 Å². The van der Waals surface area contributed by atoms with Crippen LogP contribution in [0.15, 0.2) is 48.3 Å². The molecular weight excluding hydrogens is 240 g/mol. The van der Waals surface area contributed by atoms with Gasteiger partial charge < -0.3 is 5.32 Å². The second-order valence-electron chi connectivity index (χ2n) is 4.60. The molecule has 18 heavy (non-hydrogen) atoms. The van der Waals surface area contributed by atoms with Gasteiger partial charge in [0.25, 0.3) is 0 Å². The summed E-state index contributed by atoms with van der Waals surface area (Å²) in [6.07, 6.45) is 4.75. The number of aromatic nitrogens is 1. The van der Waals surface area contributed by atoms with Crippen molar-refractivity contribution < 1.29 is 0 Å². The SMILES string of the molecule is C[C@@H](C1=CNC(=S)C1)c1cccc2ncccc12. The molecule has 1 atom stereocenters. The first-order chi connectivity index (χ1) is 8.75. The number of nitrogens with one attached hydrogen (secondary N) is 1. The Morgan fingerprint density at radius 1 is 1.28 bits per heavy atom. The molecule has 2 heterocycles. The van der Waals surface area contributed by atoms with Gasteiger partial charge in [0.2, 0.25) is 0 Å². The Morgan fingerprint density at radius 3 is 2.94 bits per heavy atom. The van der Waals surface area contributed by atoms with Gasteiger partial charge >= 0.3 is 0 Å². The van der Waals surface area contributed by atoms with Gasteiger partial charge in [-0.05, 0) is 23.3 Å². The number of fused-ring (bicyclic) bond motifs is 1. The number of hydrogen-bond acceptors (Lipinski definition) is 2. The Morgan fingerprint density at radius 2 is 2.17 bits per heavy atom. The van der Waals surface area contributed by atoms with E-state index in [0.717, 1.165) is 16.9 Å². The van der Waals surface area contributed by atoms with Crippen LogP contribution in [0.1, 0.15) is 24.8 Å². The standard InChI is InChI=1S/C15H14N2S/c1-10(11-8-15(18)17-9-11)12-4-2-6-14-13(12)5-3-7-16-14/h2-7,9-10H,8H2,1H3,(H,17,18)/t10-/m0/s1. The van der Waals surface area contributed by atoms with Gasteiger partial charge in [0, 0.05) is 30.1 Å². The number of nitrogens with zero attached hydrogens (tertiary/aromatic N) is 1. The number of hydrogen-bond donors (Lipinski definition) is 1. The molecule has 1 aliphatic heterocycles. The van der Waals surface area contributed by atoms with Gasteiger partial charge in [-0.1, -0.05) is 37.3 Å². The molecule has 0 bridgehead atoms. The molecule has 3 heteroatoms. The molecule has 0 saturated heterocycles. The summed E-state index contributed by atoms with van der Waals surface area (Å²) in [5, 5.41) is 4.35. The molecule has 0 amide bonds. The van der Waals surface area contributed by atoms with E-state index >= 15 is 0 Å². The van der Waals surface area contributed by atoms with Crippen molar-refractivity contribution in [3.05, 3.63) is 53.9 Å². The highest BCUT2D eigenvalue weighted by Crippen LogP contribution is 2.32. The van der Waals surface area contributed by atoms with E-state index in [1.54, 1.807) is 0 Å². The molecule has 1 aromatic heterocycles. The third-order valence-corrected chi connectivity index (χ3v) is 3.75. The second-order valence-corrected chi connectivity index (χ2v) is 5.10. The minimum Gasteiger partial charge on any atom is -0.356 e. The highest BCUT2D eigenvalue weighted by Gasteiger charge is 2.18. The van der Waals surface area contributed by atoms with Crippen LogP contribution in [0, 0.1) is 0 Å². The second kappa shape index (κ2) is 4.50. The molecule has 2 aromatic rings. The lowest BCUT2D eigenvalue weighted by Gasteiger charge is -2.15. The normalized spacial score (nSPS) is 16.5. The van der Waals surface area contributed by atoms with Gasteiger partial charge in [-0.15, -0.1) is 0 Å². The molecule has 1 aliphatic rings. The molecule has 0 radical (unpaired) electrons. The molecule has 2 nitrogen and oxygen atoms in total. The number of rotatable bonds is 2. The van der Waals surface area contributed by atoms with Crippen LogP contribution in [0.25, 0.3) is 10.9 Å². The molecule has 3 rings (SSSR count). The predicted octanol–water partition coefficient (Wildman–Crippen LogP) is 3.54. The Kier molecular flexibility index (Phi) is 2.84. The van der Waals surface area contributed by atoms with E-state index in [1.807, 2.05) is 18.5 Å². The van der Waals surface area contributed by atoms with Crippen molar-refractivity contribution >= 4 is 28.1 Å². The Balaban J connectivity index is 2.06. The van der Waals surface area contributed by atoms with E-state index in [0.29, 0.717) is 5.92 Å². The zero-order valence-electron chi connectivity index (χ0n) is 10.2. The Bertz CT molecular complexity index is 640. The maximum absolute atomic E-state index is 5.19. The van der Waals surface area contributed by atoms with Crippen molar-refractivity contribution in [2.45, 2.75) is 19.3 Å². The van der Waals surface area contributed by atoms with E-state index in [9.17, 15) is 0 Å². The van der Waals surface area contributed by atoms with Crippen molar-refractivity contribution in [1.82, 2.24) is 10.3 Å². The largest absolute Gasteiger partial charge is 0.356 e. The maximum Gasteiger partial charge on any atom is 0.0834 e. The molecule has 1 N–H and O–H groups in total. The number of pyridine rings is 1. The van der Waals surface area contributed by atoms with E-state index in [-0.39, 0.29) is 0 Å². The minimum atomic E-state index is 0.367. The van der Waals surface area contributed by atoms with Crippen LogP contribution in [-0.4, -0.2) is 9.97 Å². The number of thiocarbonyl (C=S) groups is 1. The molecule has 0 aliphatic carbocycles. The minimum absolute atomic E-state index is 0.367. The van der Waals surface area contributed by atoms with Crippen LogP contribution in [0.3, 0.4) is 0 Å². The summed E-state index contributed by atoms with van der Waals surface area (Å²) in [6, 6.07) is 10.4. The lowest BCUT2D eigenvalue weighted by Crippen LogP contribution is -2.06. The van der Waals surface area contributed by atoms with E-state index in [2.05, 4.69) is 41.5 Å². The van der Waals surface area contributed by atoms with Gasteiger partial charge in [0.05, 0.1) is 10.5 Å². The maximum atomic E-state index is 5.19. The summed E-state index contributed by atoms with van der Waals surface area (Å²) in [4.78, 5) is 5.32. The lowest BCUT2D eigenvalue weighted by molar-refractivity contribution is 0.889. The fraction of sp³-hybridized carbons (Fsp3) is 0.200. The third kappa shape index (κ3) is 1.91. The average molecular weight is 254 g/mol. The van der Waals surface area contributed by atoms with E-state index in [4.69, 9.17) is 12.2 Å². The van der Waals surface area contributed by atoms with Crippen molar-refractivity contribution in [3.63, 3.8) is 0 Å². The van der Waals surface area contributed by atoms with Crippen LogP contribution in [-0.2, 0) is 0 Å². The van der Waals surface area contributed by atoms with Crippen LogP contribution in [0.4, 0.5) is 0 Å². The summed E-state index contributed by atoms with van der Waals surface area (Å²) in [6.45, 7) is 2.23. The number of benzene rings is 1. The molecule has 1 aromatic carbocycles. The monoisotopic (exact) mass is 254 g/mol. The van der Waals surface area contributed by atoms with Gasteiger partial charge in [-0.3, -0.25) is 4.98 Å². The predicted molar refractivity (Wildman–Crippen MR) is 78.6 cm³/mol. The topological polar surface area (TPSA) is 24.9 Å². The molecule has 0 spiro atoms. The summed E-state index contributed by atoms with van der Waals surface area (Å²) < 4.78 is 0. The summed E-state index contributed by atoms with van der Waals surface area (Å²) in [5.74, 6) is 0.367. The van der Waals surface area contributed by atoms with Crippen molar-refractivity contribution in [2.75, 3.05) is 0 Å². The smallest absolute Gasteiger partial charge is 0.0834 e. The molecule has 90 valence electrons. The molecule has 0 saturated carbocycles.